The van der Waals surface area contributed by atoms with Crippen LogP contribution in [0.25, 0.3) is 0 Å². The zero-order valence-electron chi connectivity index (χ0n) is 11.4. The third-order valence-corrected chi connectivity index (χ3v) is 3.66. The Kier molecular flexibility index (Phi) is 9.04. The molecule has 0 radical (unpaired) electrons. The molecule has 0 heterocycles. The van der Waals surface area contributed by atoms with E-state index in [0.717, 1.165) is 18.7 Å². The summed E-state index contributed by atoms with van der Waals surface area (Å²) in [5, 5.41) is 3.59. The second-order valence-electron chi connectivity index (χ2n) is 4.92. The lowest BCUT2D eigenvalue weighted by Crippen LogP contribution is -2.27. The van der Waals surface area contributed by atoms with Crippen LogP contribution < -0.4 is 5.32 Å². The quantitative estimate of drug-likeness (QED) is 0.633. The molecule has 3 heteroatoms. The van der Waals surface area contributed by atoms with E-state index in [0.29, 0.717) is 24.2 Å². The fraction of sp³-hybridized carbons (Fsp3) is 0.923. The number of ketones is 1. The summed E-state index contributed by atoms with van der Waals surface area (Å²) in [5.41, 5.74) is 0. The van der Waals surface area contributed by atoms with E-state index in [-0.39, 0.29) is 5.25 Å². The Balaban J connectivity index is 3.88. The molecular weight excluding hydrogens is 218 g/mol. The fourth-order valence-corrected chi connectivity index (χ4v) is 2.89. The highest BCUT2D eigenvalue weighted by molar-refractivity contribution is 8.00. The van der Waals surface area contributed by atoms with Gasteiger partial charge in [-0.05, 0) is 12.3 Å². The Morgan fingerprint density at radius 2 is 1.88 bits per heavy atom. The number of hydrogen-bond donors (Lipinski definition) is 1. The number of Topliss-reactive ketones (excluding diaryl/α,β-unsaturated/α-hetero) is 1. The summed E-state index contributed by atoms with van der Waals surface area (Å²) in [6.07, 6.45) is 1.68. The molecule has 0 rings (SSSR count). The first-order valence-electron chi connectivity index (χ1n) is 6.35. The summed E-state index contributed by atoms with van der Waals surface area (Å²) in [6, 6.07) is 0.533. The highest BCUT2D eigenvalue weighted by Gasteiger charge is 2.18. The van der Waals surface area contributed by atoms with Crippen molar-refractivity contribution in [2.24, 2.45) is 5.92 Å². The Morgan fingerprint density at radius 1 is 1.25 bits per heavy atom. The van der Waals surface area contributed by atoms with Crippen LogP contribution >= 0.6 is 11.8 Å². The summed E-state index contributed by atoms with van der Waals surface area (Å²) in [5.74, 6) is 2.04. The van der Waals surface area contributed by atoms with Crippen LogP contribution in [-0.2, 0) is 4.79 Å². The van der Waals surface area contributed by atoms with Crippen LogP contribution in [0.2, 0.25) is 0 Å². The minimum absolute atomic E-state index is 0.207. The second-order valence-corrected chi connectivity index (χ2v) is 6.23. The molecule has 0 aromatic rings. The van der Waals surface area contributed by atoms with Crippen molar-refractivity contribution in [3.63, 3.8) is 0 Å². The van der Waals surface area contributed by atoms with Crippen LogP contribution in [0.4, 0.5) is 0 Å². The molecule has 0 aromatic heterocycles. The molecule has 1 atom stereocenters. The topological polar surface area (TPSA) is 29.1 Å². The first-order chi connectivity index (χ1) is 7.47. The lowest BCUT2D eigenvalue weighted by molar-refractivity contribution is -0.118. The number of thioether (sulfide) groups is 1. The Morgan fingerprint density at radius 3 is 2.31 bits per heavy atom. The molecule has 0 aliphatic rings. The van der Waals surface area contributed by atoms with Crippen molar-refractivity contribution < 1.29 is 4.79 Å². The maximum absolute atomic E-state index is 11.7. The van der Waals surface area contributed by atoms with Crippen molar-refractivity contribution in [3.8, 4) is 0 Å². The van der Waals surface area contributed by atoms with Crippen molar-refractivity contribution in [1.29, 1.82) is 0 Å². The van der Waals surface area contributed by atoms with Gasteiger partial charge in [-0.15, -0.1) is 11.8 Å². The van der Waals surface area contributed by atoms with E-state index in [1.807, 2.05) is 18.7 Å². The molecule has 0 fully saturated rings. The van der Waals surface area contributed by atoms with Gasteiger partial charge in [0.05, 0.1) is 5.25 Å². The second kappa shape index (κ2) is 9.06. The van der Waals surface area contributed by atoms with Crippen LogP contribution in [0.3, 0.4) is 0 Å². The van der Waals surface area contributed by atoms with Gasteiger partial charge in [-0.3, -0.25) is 4.79 Å². The van der Waals surface area contributed by atoms with Gasteiger partial charge in [-0.1, -0.05) is 34.6 Å². The van der Waals surface area contributed by atoms with Crippen molar-refractivity contribution in [2.75, 3.05) is 12.3 Å². The van der Waals surface area contributed by atoms with Gasteiger partial charge in [-0.25, -0.2) is 0 Å². The maximum atomic E-state index is 11.7. The number of rotatable bonds is 9. The molecule has 0 aromatic carbocycles. The lowest BCUT2D eigenvalue weighted by Gasteiger charge is -2.17. The summed E-state index contributed by atoms with van der Waals surface area (Å²) < 4.78 is 0. The van der Waals surface area contributed by atoms with E-state index in [9.17, 15) is 4.79 Å². The molecule has 2 nitrogen and oxygen atoms in total. The summed E-state index contributed by atoms with van der Waals surface area (Å²) in [6.45, 7) is 11.6. The maximum Gasteiger partial charge on any atom is 0.145 e. The van der Waals surface area contributed by atoms with E-state index in [1.165, 1.54) is 0 Å². The zero-order chi connectivity index (χ0) is 12.6. The summed E-state index contributed by atoms with van der Waals surface area (Å²) in [4.78, 5) is 11.7. The van der Waals surface area contributed by atoms with Gasteiger partial charge in [0.25, 0.3) is 0 Å². The molecule has 1 N–H and O–H groups in total. The average molecular weight is 245 g/mol. The number of hydrogen-bond acceptors (Lipinski definition) is 3. The minimum atomic E-state index is 0.207. The van der Waals surface area contributed by atoms with Crippen molar-refractivity contribution in [3.05, 3.63) is 0 Å². The van der Waals surface area contributed by atoms with Crippen LogP contribution in [0.5, 0.6) is 0 Å². The first kappa shape index (κ1) is 16.0. The number of carbonyl (C=O) groups is 1. The summed E-state index contributed by atoms with van der Waals surface area (Å²) in [7, 11) is 0. The van der Waals surface area contributed by atoms with Crippen LogP contribution in [0.1, 0.15) is 47.5 Å². The first-order valence-corrected chi connectivity index (χ1v) is 7.39. The number of carbonyl (C=O) groups excluding carboxylic acids is 1. The van der Waals surface area contributed by atoms with E-state index < -0.39 is 0 Å². The molecule has 0 amide bonds. The van der Waals surface area contributed by atoms with Crippen molar-refractivity contribution >= 4 is 17.5 Å². The minimum Gasteiger partial charge on any atom is -0.314 e. The highest BCUT2D eigenvalue weighted by Crippen LogP contribution is 2.21. The SMILES string of the molecule is CCC(=O)[C@@H](CC(C)C)SCCNC(C)C. The largest absolute Gasteiger partial charge is 0.314 e. The molecule has 0 spiro atoms. The Labute approximate surface area is 105 Å². The Hall–Kier alpha value is -0.0200. The predicted molar refractivity (Wildman–Crippen MR) is 74.1 cm³/mol. The molecule has 0 aliphatic carbocycles. The fourth-order valence-electron chi connectivity index (χ4n) is 1.50. The van der Waals surface area contributed by atoms with E-state index >= 15 is 0 Å². The van der Waals surface area contributed by atoms with E-state index in [2.05, 4.69) is 33.0 Å². The lowest BCUT2D eigenvalue weighted by atomic mass is 10.0. The van der Waals surface area contributed by atoms with Gasteiger partial charge < -0.3 is 5.32 Å². The molecular formula is C13H27NOS. The van der Waals surface area contributed by atoms with Crippen LogP contribution in [0, 0.1) is 5.92 Å². The van der Waals surface area contributed by atoms with Crippen molar-refractivity contribution in [1.82, 2.24) is 5.32 Å². The van der Waals surface area contributed by atoms with Gasteiger partial charge in [0.15, 0.2) is 0 Å². The van der Waals surface area contributed by atoms with Gasteiger partial charge in [0.2, 0.25) is 0 Å². The highest BCUT2D eigenvalue weighted by atomic mass is 32.2. The molecule has 16 heavy (non-hydrogen) atoms. The van der Waals surface area contributed by atoms with Gasteiger partial charge in [0.1, 0.15) is 5.78 Å². The molecule has 96 valence electrons. The Bertz CT molecular complexity index is 192. The van der Waals surface area contributed by atoms with Crippen molar-refractivity contribution in [2.45, 2.75) is 58.8 Å². The normalized spacial score (nSPS) is 13.4. The van der Waals surface area contributed by atoms with Gasteiger partial charge >= 0.3 is 0 Å². The molecule has 0 bridgehead atoms. The van der Waals surface area contributed by atoms with Gasteiger partial charge in [-0.2, -0.15) is 0 Å². The van der Waals surface area contributed by atoms with Crippen LogP contribution in [-0.4, -0.2) is 29.4 Å². The molecule has 0 unspecified atom stereocenters. The smallest absolute Gasteiger partial charge is 0.145 e. The standard InChI is InChI=1S/C13H27NOS/c1-6-12(15)13(9-10(2)3)16-8-7-14-11(4)5/h10-11,13-14H,6-9H2,1-5H3/t13-/m1/s1. The average Bonchev–Trinajstić information content (AvgIpc) is 2.20. The third kappa shape index (κ3) is 8.17. The number of nitrogens with one attached hydrogen (secondary N) is 1. The van der Waals surface area contributed by atoms with E-state index in [1.54, 1.807) is 0 Å². The predicted octanol–water partition coefficient (Wildman–Crippen LogP) is 3.11. The molecule has 0 aliphatic heterocycles. The van der Waals surface area contributed by atoms with Gasteiger partial charge in [0, 0.05) is 24.8 Å². The van der Waals surface area contributed by atoms with E-state index in [4.69, 9.17) is 0 Å². The summed E-state index contributed by atoms with van der Waals surface area (Å²) >= 11 is 1.81. The molecule has 0 saturated carbocycles. The zero-order valence-corrected chi connectivity index (χ0v) is 12.2. The monoisotopic (exact) mass is 245 g/mol. The molecule has 0 saturated heterocycles. The third-order valence-electron chi connectivity index (χ3n) is 2.37. The van der Waals surface area contributed by atoms with Crippen LogP contribution in [0.15, 0.2) is 0 Å².